The van der Waals surface area contributed by atoms with E-state index in [4.69, 9.17) is 4.74 Å². The van der Waals surface area contributed by atoms with Crippen LogP contribution in [0.3, 0.4) is 0 Å². The first-order valence-corrected chi connectivity index (χ1v) is 6.15. The van der Waals surface area contributed by atoms with Gasteiger partial charge in [-0.25, -0.2) is 0 Å². The molecule has 1 aromatic rings. The van der Waals surface area contributed by atoms with Crippen LogP contribution in [0, 0.1) is 20.8 Å². The number of methoxy groups -OCH3 is 1. The summed E-state index contributed by atoms with van der Waals surface area (Å²) >= 11 is 0. The Balaban J connectivity index is 2.81. The van der Waals surface area contributed by atoms with Gasteiger partial charge in [0, 0.05) is 12.2 Å². The number of rotatable bonds is 6. The van der Waals surface area contributed by atoms with Crippen molar-refractivity contribution in [2.45, 2.75) is 27.2 Å². The van der Waals surface area contributed by atoms with E-state index >= 15 is 0 Å². The molecule has 96 valence electrons. The highest BCUT2D eigenvalue weighted by atomic mass is 16.5. The molecule has 1 rings (SSSR count). The molecule has 0 aliphatic rings. The van der Waals surface area contributed by atoms with Crippen molar-refractivity contribution in [3.63, 3.8) is 0 Å². The van der Waals surface area contributed by atoms with Crippen molar-refractivity contribution in [3.8, 4) is 5.75 Å². The number of anilines is 1. The summed E-state index contributed by atoms with van der Waals surface area (Å²) in [5.41, 5.74) is 4.99. The molecule has 3 heteroatoms. The minimum atomic E-state index is 0.973. The van der Waals surface area contributed by atoms with Crippen molar-refractivity contribution in [3.05, 3.63) is 22.8 Å². The highest BCUT2D eigenvalue weighted by Gasteiger charge is 2.09. The fourth-order valence-corrected chi connectivity index (χ4v) is 2.01. The quantitative estimate of drug-likeness (QED) is 0.745. The van der Waals surface area contributed by atoms with Crippen molar-refractivity contribution in [1.29, 1.82) is 0 Å². The Labute approximate surface area is 105 Å². The Morgan fingerprint density at radius 1 is 1.12 bits per heavy atom. The third-order valence-corrected chi connectivity index (χ3v) is 3.17. The molecular weight excluding hydrogens is 212 g/mol. The highest BCUT2D eigenvalue weighted by Crippen LogP contribution is 2.30. The minimum Gasteiger partial charge on any atom is -0.496 e. The van der Waals surface area contributed by atoms with Gasteiger partial charge in [0.25, 0.3) is 0 Å². The maximum atomic E-state index is 5.37. The molecule has 0 atom stereocenters. The van der Waals surface area contributed by atoms with Crippen molar-refractivity contribution in [2.75, 3.05) is 32.6 Å². The lowest BCUT2D eigenvalue weighted by Gasteiger charge is -2.17. The van der Waals surface area contributed by atoms with Gasteiger partial charge in [-0.05, 0) is 63.5 Å². The van der Waals surface area contributed by atoms with E-state index in [2.05, 4.69) is 37.5 Å². The van der Waals surface area contributed by atoms with Crippen molar-refractivity contribution in [1.82, 2.24) is 5.32 Å². The summed E-state index contributed by atoms with van der Waals surface area (Å²) in [4.78, 5) is 0. The van der Waals surface area contributed by atoms with E-state index < -0.39 is 0 Å². The number of nitrogens with one attached hydrogen (secondary N) is 2. The first kappa shape index (κ1) is 13.8. The van der Waals surface area contributed by atoms with Crippen LogP contribution in [0.25, 0.3) is 0 Å². The summed E-state index contributed by atoms with van der Waals surface area (Å²) in [6, 6.07) is 2.10. The van der Waals surface area contributed by atoms with Gasteiger partial charge in [0.15, 0.2) is 0 Å². The summed E-state index contributed by atoms with van der Waals surface area (Å²) in [7, 11) is 3.70. The van der Waals surface area contributed by atoms with Crippen LogP contribution in [0.2, 0.25) is 0 Å². The molecule has 0 bridgehead atoms. The molecule has 0 aromatic heterocycles. The monoisotopic (exact) mass is 236 g/mol. The molecule has 2 N–H and O–H groups in total. The average Bonchev–Trinajstić information content (AvgIpc) is 2.32. The Bertz CT molecular complexity index is 375. The molecule has 0 aliphatic heterocycles. The van der Waals surface area contributed by atoms with Crippen LogP contribution in [0.15, 0.2) is 6.07 Å². The second-order valence-corrected chi connectivity index (χ2v) is 4.40. The molecule has 0 fully saturated rings. The zero-order valence-corrected chi connectivity index (χ0v) is 11.6. The number of ether oxygens (including phenoxy) is 1. The topological polar surface area (TPSA) is 33.3 Å². The molecule has 1 aromatic carbocycles. The zero-order valence-electron chi connectivity index (χ0n) is 11.6. The second-order valence-electron chi connectivity index (χ2n) is 4.40. The standard InChI is InChI=1S/C14H24N2O/c1-10-9-13(17-5)11(2)12(3)14(10)16-8-6-7-15-4/h9,15-16H,6-8H2,1-5H3. The lowest BCUT2D eigenvalue weighted by molar-refractivity contribution is 0.411. The Morgan fingerprint density at radius 3 is 2.41 bits per heavy atom. The number of benzene rings is 1. The lowest BCUT2D eigenvalue weighted by Crippen LogP contribution is -2.14. The summed E-state index contributed by atoms with van der Waals surface area (Å²) in [6.45, 7) is 8.40. The number of hydrogen-bond acceptors (Lipinski definition) is 3. The number of hydrogen-bond donors (Lipinski definition) is 2. The van der Waals surface area contributed by atoms with E-state index in [1.807, 2.05) is 7.05 Å². The molecule has 0 aliphatic carbocycles. The normalized spacial score (nSPS) is 10.4. The minimum absolute atomic E-state index is 0.973. The molecule has 17 heavy (non-hydrogen) atoms. The van der Waals surface area contributed by atoms with Gasteiger partial charge in [-0.1, -0.05) is 0 Å². The van der Waals surface area contributed by atoms with E-state index in [1.54, 1.807) is 7.11 Å². The Morgan fingerprint density at radius 2 is 1.82 bits per heavy atom. The molecule has 0 saturated heterocycles. The Hall–Kier alpha value is -1.22. The molecule has 0 spiro atoms. The van der Waals surface area contributed by atoms with Crippen molar-refractivity contribution >= 4 is 5.69 Å². The van der Waals surface area contributed by atoms with E-state index in [-0.39, 0.29) is 0 Å². The van der Waals surface area contributed by atoms with E-state index in [9.17, 15) is 0 Å². The van der Waals surface area contributed by atoms with Crippen LogP contribution in [-0.4, -0.2) is 27.2 Å². The number of aryl methyl sites for hydroxylation is 1. The summed E-state index contributed by atoms with van der Waals surface area (Å²) in [5.74, 6) is 0.973. The smallest absolute Gasteiger partial charge is 0.122 e. The fraction of sp³-hybridized carbons (Fsp3) is 0.571. The molecular formula is C14H24N2O. The maximum absolute atomic E-state index is 5.37. The van der Waals surface area contributed by atoms with Crippen molar-refractivity contribution in [2.24, 2.45) is 0 Å². The van der Waals surface area contributed by atoms with Gasteiger partial charge in [-0.3, -0.25) is 0 Å². The largest absolute Gasteiger partial charge is 0.496 e. The van der Waals surface area contributed by atoms with E-state index in [1.165, 1.54) is 22.4 Å². The summed E-state index contributed by atoms with van der Waals surface area (Å²) in [6.07, 6.45) is 1.13. The van der Waals surface area contributed by atoms with Gasteiger partial charge in [0.2, 0.25) is 0 Å². The van der Waals surface area contributed by atoms with Gasteiger partial charge in [-0.15, -0.1) is 0 Å². The molecule has 3 nitrogen and oxygen atoms in total. The third kappa shape index (κ3) is 3.37. The SMILES string of the molecule is CNCCCNc1c(C)cc(OC)c(C)c1C. The molecule has 0 heterocycles. The van der Waals surface area contributed by atoms with Crippen LogP contribution < -0.4 is 15.4 Å². The molecule has 0 unspecified atom stereocenters. The first-order valence-electron chi connectivity index (χ1n) is 6.15. The van der Waals surface area contributed by atoms with E-state index in [0.717, 1.165) is 25.3 Å². The third-order valence-electron chi connectivity index (χ3n) is 3.17. The summed E-state index contributed by atoms with van der Waals surface area (Å²) < 4.78 is 5.37. The molecule has 0 amide bonds. The van der Waals surface area contributed by atoms with Crippen LogP contribution >= 0.6 is 0 Å². The Kier molecular flexibility index (Phi) is 5.29. The average molecular weight is 236 g/mol. The highest BCUT2D eigenvalue weighted by molar-refractivity contribution is 5.63. The van der Waals surface area contributed by atoms with Gasteiger partial charge < -0.3 is 15.4 Å². The van der Waals surface area contributed by atoms with Gasteiger partial charge in [0.05, 0.1) is 7.11 Å². The van der Waals surface area contributed by atoms with Crippen LogP contribution in [0.5, 0.6) is 5.75 Å². The molecule has 0 saturated carbocycles. The fourth-order valence-electron chi connectivity index (χ4n) is 2.01. The molecule has 0 radical (unpaired) electrons. The van der Waals surface area contributed by atoms with Crippen LogP contribution in [0.1, 0.15) is 23.1 Å². The lowest BCUT2D eigenvalue weighted by atomic mass is 10.0. The van der Waals surface area contributed by atoms with Gasteiger partial charge >= 0.3 is 0 Å². The predicted octanol–water partition coefficient (Wildman–Crippen LogP) is 2.64. The van der Waals surface area contributed by atoms with Gasteiger partial charge in [0.1, 0.15) is 5.75 Å². The maximum Gasteiger partial charge on any atom is 0.122 e. The van der Waals surface area contributed by atoms with E-state index in [0.29, 0.717) is 0 Å². The summed E-state index contributed by atoms with van der Waals surface area (Å²) in [5, 5.41) is 6.67. The van der Waals surface area contributed by atoms with Gasteiger partial charge in [-0.2, -0.15) is 0 Å². The van der Waals surface area contributed by atoms with Crippen molar-refractivity contribution < 1.29 is 4.74 Å². The second kappa shape index (κ2) is 6.50. The zero-order chi connectivity index (χ0) is 12.8. The first-order chi connectivity index (χ1) is 8.11. The van der Waals surface area contributed by atoms with Crippen LogP contribution in [-0.2, 0) is 0 Å². The van der Waals surface area contributed by atoms with Crippen LogP contribution in [0.4, 0.5) is 5.69 Å². The predicted molar refractivity (Wildman–Crippen MR) is 74.2 cm³/mol.